The van der Waals surface area contributed by atoms with Crippen LogP contribution >= 0.6 is 0 Å². The van der Waals surface area contributed by atoms with Crippen molar-refractivity contribution in [1.29, 1.82) is 0 Å². The standard InChI is InChI=1S/C12H18N2O3/c1-3-9(8-11(15)16)13-12(17)10-6-5-7-14(10)4-2/h5-7,9H,3-4,8H2,1-2H3,(H,13,17)(H,15,16). The van der Waals surface area contributed by atoms with E-state index in [-0.39, 0.29) is 18.4 Å². The third kappa shape index (κ3) is 3.62. The first-order valence-electron chi connectivity index (χ1n) is 5.76. The van der Waals surface area contributed by atoms with E-state index in [2.05, 4.69) is 5.32 Å². The number of rotatable bonds is 6. The number of carbonyl (C=O) groups excluding carboxylic acids is 1. The molecule has 0 saturated carbocycles. The molecule has 17 heavy (non-hydrogen) atoms. The van der Waals surface area contributed by atoms with Crippen molar-refractivity contribution in [2.45, 2.75) is 39.3 Å². The molecule has 0 fully saturated rings. The quantitative estimate of drug-likeness (QED) is 0.788. The van der Waals surface area contributed by atoms with Crippen LogP contribution in [0.25, 0.3) is 0 Å². The van der Waals surface area contributed by atoms with Crippen molar-refractivity contribution >= 4 is 11.9 Å². The minimum absolute atomic E-state index is 0.0466. The van der Waals surface area contributed by atoms with Crippen LogP contribution < -0.4 is 5.32 Å². The topological polar surface area (TPSA) is 71.3 Å². The Balaban J connectivity index is 2.67. The number of hydrogen-bond acceptors (Lipinski definition) is 2. The highest BCUT2D eigenvalue weighted by atomic mass is 16.4. The molecule has 0 aromatic carbocycles. The molecular weight excluding hydrogens is 220 g/mol. The van der Waals surface area contributed by atoms with Crippen LogP contribution in [-0.2, 0) is 11.3 Å². The highest BCUT2D eigenvalue weighted by molar-refractivity contribution is 5.93. The van der Waals surface area contributed by atoms with Gasteiger partial charge in [-0.1, -0.05) is 6.92 Å². The molecule has 1 amide bonds. The Hall–Kier alpha value is -1.78. The number of hydrogen-bond donors (Lipinski definition) is 2. The maximum absolute atomic E-state index is 11.9. The van der Waals surface area contributed by atoms with Crippen LogP contribution in [-0.4, -0.2) is 27.6 Å². The summed E-state index contributed by atoms with van der Waals surface area (Å²) >= 11 is 0. The van der Waals surface area contributed by atoms with Crippen LogP contribution in [0.1, 0.15) is 37.2 Å². The molecule has 2 N–H and O–H groups in total. The predicted molar refractivity (Wildman–Crippen MR) is 63.9 cm³/mol. The Bertz CT molecular complexity index is 398. The van der Waals surface area contributed by atoms with Gasteiger partial charge in [0.1, 0.15) is 5.69 Å². The first kappa shape index (κ1) is 13.3. The summed E-state index contributed by atoms with van der Waals surface area (Å²) in [5.41, 5.74) is 0.566. The number of carbonyl (C=O) groups is 2. The maximum atomic E-state index is 11.9. The number of carboxylic acid groups (broad SMARTS) is 1. The normalized spacial score (nSPS) is 12.1. The summed E-state index contributed by atoms with van der Waals surface area (Å²) in [6.45, 7) is 4.52. The highest BCUT2D eigenvalue weighted by Gasteiger charge is 2.16. The maximum Gasteiger partial charge on any atom is 0.305 e. The Morgan fingerprint density at radius 3 is 2.71 bits per heavy atom. The zero-order valence-electron chi connectivity index (χ0n) is 10.1. The molecule has 94 valence electrons. The van der Waals surface area contributed by atoms with E-state index in [4.69, 9.17) is 5.11 Å². The molecule has 5 nitrogen and oxygen atoms in total. The van der Waals surface area contributed by atoms with Crippen LogP contribution in [0.5, 0.6) is 0 Å². The van der Waals surface area contributed by atoms with E-state index in [0.29, 0.717) is 18.7 Å². The van der Waals surface area contributed by atoms with Gasteiger partial charge in [-0.25, -0.2) is 0 Å². The van der Waals surface area contributed by atoms with Gasteiger partial charge in [0.05, 0.1) is 6.42 Å². The van der Waals surface area contributed by atoms with Crippen molar-refractivity contribution < 1.29 is 14.7 Å². The van der Waals surface area contributed by atoms with E-state index in [9.17, 15) is 9.59 Å². The number of aromatic nitrogens is 1. The fourth-order valence-corrected chi connectivity index (χ4v) is 1.66. The second kappa shape index (κ2) is 6.08. The lowest BCUT2D eigenvalue weighted by Crippen LogP contribution is -2.37. The monoisotopic (exact) mass is 238 g/mol. The van der Waals surface area contributed by atoms with Crippen molar-refractivity contribution in [3.63, 3.8) is 0 Å². The van der Waals surface area contributed by atoms with Gasteiger partial charge in [-0.05, 0) is 25.5 Å². The van der Waals surface area contributed by atoms with E-state index < -0.39 is 5.97 Å². The molecule has 0 aliphatic rings. The van der Waals surface area contributed by atoms with Gasteiger partial charge in [-0.3, -0.25) is 9.59 Å². The molecule has 0 spiro atoms. The smallest absolute Gasteiger partial charge is 0.305 e. The third-order valence-electron chi connectivity index (χ3n) is 2.65. The molecule has 0 aliphatic heterocycles. The number of aliphatic carboxylic acids is 1. The van der Waals surface area contributed by atoms with Gasteiger partial charge in [0.2, 0.25) is 0 Å². The van der Waals surface area contributed by atoms with E-state index in [1.165, 1.54) is 0 Å². The van der Waals surface area contributed by atoms with Crippen LogP contribution in [0.4, 0.5) is 0 Å². The number of nitrogens with zero attached hydrogens (tertiary/aromatic N) is 1. The molecule has 0 radical (unpaired) electrons. The van der Waals surface area contributed by atoms with Crippen molar-refractivity contribution in [1.82, 2.24) is 9.88 Å². The molecule has 1 aromatic rings. The van der Waals surface area contributed by atoms with Crippen molar-refractivity contribution in [3.05, 3.63) is 24.0 Å². The Morgan fingerprint density at radius 2 is 2.18 bits per heavy atom. The van der Waals surface area contributed by atoms with Gasteiger partial charge in [-0.2, -0.15) is 0 Å². The Labute approximate surface area is 100 Å². The Kier molecular flexibility index (Phi) is 4.75. The van der Waals surface area contributed by atoms with Gasteiger partial charge in [-0.15, -0.1) is 0 Å². The molecule has 1 aromatic heterocycles. The van der Waals surface area contributed by atoms with Crippen LogP contribution in [0.2, 0.25) is 0 Å². The summed E-state index contributed by atoms with van der Waals surface area (Å²) in [5.74, 6) is -1.12. The second-order valence-corrected chi connectivity index (χ2v) is 3.86. The van der Waals surface area contributed by atoms with Gasteiger partial charge < -0.3 is 15.0 Å². The van der Waals surface area contributed by atoms with Gasteiger partial charge in [0.15, 0.2) is 0 Å². The molecule has 0 aliphatic carbocycles. The van der Waals surface area contributed by atoms with Gasteiger partial charge in [0.25, 0.3) is 5.91 Å². The highest BCUT2D eigenvalue weighted by Crippen LogP contribution is 2.05. The largest absolute Gasteiger partial charge is 0.481 e. The molecule has 1 rings (SSSR count). The van der Waals surface area contributed by atoms with Crippen LogP contribution in [0.15, 0.2) is 18.3 Å². The third-order valence-corrected chi connectivity index (χ3v) is 2.65. The Morgan fingerprint density at radius 1 is 1.47 bits per heavy atom. The minimum atomic E-state index is -0.900. The lowest BCUT2D eigenvalue weighted by atomic mass is 10.1. The summed E-state index contributed by atoms with van der Waals surface area (Å²) in [6, 6.07) is 3.21. The minimum Gasteiger partial charge on any atom is -0.481 e. The average molecular weight is 238 g/mol. The zero-order chi connectivity index (χ0) is 12.8. The molecular formula is C12H18N2O3. The number of nitrogens with one attached hydrogen (secondary N) is 1. The van der Waals surface area contributed by atoms with E-state index >= 15 is 0 Å². The fraction of sp³-hybridized carbons (Fsp3) is 0.500. The van der Waals surface area contributed by atoms with E-state index in [1.54, 1.807) is 12.1 Å². The molecule has 5 heteroatoms. The number of amides is 1. The zero-order valence-corrected chi connectivity index (χ0v) is 10.1. The predicted octanol–water partition coefficient (Wildman–Crippen LogP) is 1.49. The van der Waals surface area contributed by atoms with E-state index in [1.807, 2.05) is 24.6 Å². The van der Waals surface area contributed by atoms with Crippen LogP contribution in [0, 0.1) is 0 Å². The van der Waals surface area contributed by atoms with E-state index in [0.717, 1.165) is 0 Å². The molecule has 1 unspecified atom stereocenters. The molecule has 1 heterocycles. The lowest BCUT2D eigenvalue weighted by molar-refractivity contribution is -0.137. The summed E-state index contributed by atoms with van der Waals surface area (Å²) in [4.78, 5) is 22.5. The average Bonchev–Trinajstić information content (AvgIpc) is 2.75. The lowest BCUT2D eigenvalue weighted by Gasteiger charge is -2.15. The molecule has 1 atom stereocenters. The molecule has 0 bridgehead atoms. The SMILES string of the molecule is CCC(CC(=O)O)NC(=O)c1cccn1CC. The van der Waals surface area contributed by atoms with Gasteiger partial charge in [0, 0.05) is 18.8 Å². The van der Waals surface area contributed by atoms with Crippen molar-refractivity contribution in [3.8, 4) is 0 Å². The molecule has 0 saturated heterocycles. The summed E-state index contributed by atoms with van der Waals surface area (Å²) < 4.78 is 1.82. The number of aryl methyl sites for hydroxylation is 1. The number of carboxylic acids is 1. The first-order chi connectivity index (χ1) is 8.08. The summed E-state index contributed by atoms with van der Waals surface area (Å²) in [6.07, 6.45) is 2.38. The van der Waals surface area contributed by atoms with Crippen molar-refractivity contribution in [2.75, 3.05) is 0 Å². The summed E-state index contributed by atoms with van der Waals surface area (Å²) in [5, 5.41) is 11.4. The fourth-order valence-electron chi connectivity index (χ4n) is 1.66. The first-order valence-corrected chi connectivity index (χ1v) is 5.76. The van der Waals surface area contributed by atoms with Gasteiger partial charge >= 0.3 is 5.97 Å². The summed E-state index contributed by atoms with van der Waals surface area (Å²) in [7, 11) is 0. The van der Waals surface area contributed by atoms with Crippen molar-refractivity contribution in [2.24, 2.45) is 0 Å². The van der Waals surface area contributed by atoms with Crippen LogP contribution in [0.3, 0.4) is 0 Å². The second-order valence-electron chi connectivity index (χ2n) is 3.86.